The highest BCUT2D eigenvalue weighted by molar-refractivity contribution is 7.92. The van der Waals surface area contributed by atoms with Crippen LogP contribution in [0.2, 0.25) is 0 Å². The molecule has 0 saturated carbocycles. The number of carbonyl (C=O) groups is 1. The van der Waals surface area contributed by atoms with E-state index >= 15 is 0 Å². The number of sulfonamides is 1. The van der Waals surface area contributed by atoms with Crippen LogP contribution in [0.5, 0.6) is 0 Å². The van der Waals surface area contributed by atoms with Crippen molar-refractivity contribution < 1.29 is 17.6 Å². The van der Waals surface area contributed by atoms with Gasteiger partial charge in [-0.15, -0.1) is 0 Å². The summed E-state index contributed by atoms with van der Waals surface area (Å²) in [6.07, 6.45) is 0.382. The number of anilines is 1. The number of hydrogen-bond donors (Lipinski definition) is 2. The second-order valence-corrected chi connectivity index (χ2v) is 7.78. The molecule has 0 radical (unpaired) electrons. The fourth-order valence-electron chi connectivity index (χ4n) is 2.62. The van der Waals surface area contributed by atoms with Crippen molar-refractivity contribution in [2.75, 3.05) is 11.3 Å². The molecule has 0 saturated heterocycles. The molecule has 2 N–H and O–H groups in total. The molecule has 0 aliphatic rings. The fraction of sp³-hybridized carbons (Fsp3) is 0.0952. The second kappa shape index (κ2) is 8.67. The second-order valence-electron chi connectivity index (χ2n) is 6.09. The van der Waals surface area contributed by atoms with E-state index in [9.17, 15) is 17.6 Å². The lowest BCUT2D eigenvalue weighted by Crippen LogP contribution is -2.25. The van der Waals surface area contributed by atoms with Crippen LogP contribution in [-0.2, 0) is 16.4 Å². The Morgan fingerprint density at radius 2 is 1.50 bits per heavy atom. The number of hydrogen-bond acceptors (Lipinski definition) is 3. The molecule has 0 heterocycles. The van der Waals surface area contributed by atoms with Gasteiger partial charge in [0, 0.05) is 17.8 Å². The standard InChI is InChI=1S/C21H19FN2O3S/c22-20-9-5-4-6-16(20)14-15-23-21(25)17-10-12-18(13-11-17)24-28(26,27)19-7-2-1-3-8-19/h1-13,24H,14-15H2,(H,23,25). The molecule has 0 bridgehead atoms. The number of rotatable bonds is 7. The minimum Gasteiger partial charge on any atom is -0.352 e. The highest BCUT2D eigenvalue weighted by Gasteiger charge is 2.14. The molecule has 3 rings (SSSR count). The quantitative estimate of drug-likeness (QED) is 0.639. The maximum Gasteiger partial charge on any atom is 0.261 e. The first kappa shape index (κ1) is 19.6. The van der Waals surface area contributed by atoms with Gasteiger partial charge in [-0.2, -0.15) is 0 Å². The zero-order valence-electron chi connectivity index (χ0n) is 14.9. The van der Waals surface area contributed by atoms with Gasteiger partial charge in [-0.05, 0) is 54.4 Å². The predicted molar refractivity (Wildman–Crippen MR) is 106 cm³/mol. The number of amides is 1. The van der Waals surface area contributed by atoms with Gasteiger partial charge in [0.15, 0.2) is 0 Å². The number of benzene rings is 3. The third-order valence-electron chi connectivity index (χ3n) is 4.09. The Kier molecular flexibility index (Phi) is 6.06. The first-order valence-electron chi connectivity index (χ1n) is 8.65. The maximum absolute atomic E-state index is 13.6. The smallest absolute Gasteiger partial charge is 0.261 e. The highest BCUT2D eigenvalue weighted by Crippen LogP contribution is 2.16. The van der Waals surface area contributed by atoms with Crippen molar-refractivity contribution in [1.82, 2.24) is 5.32 Å². The van der Waals surface area contributed by atoms with Crippen molar-refractivity contribution in [3.05, 3.63) is 95.8 Å². The summed E-state index contributed by atoms with van der Waals surface area (Å²) in [5.41, 5.74) is 1.27. The van der Waals surface area contributed by atoms with Gasteiger partial charge in [-0.25, -0.2) is 12.8 Å². The minimum atomic E-state index is -3.68. The molecule has 3 aromatic rings. The van der Waals surface area contributed by atoms with E-state index in [0.717, 1.165) is 0 Å². The molecule has 0 aliphatic heterocycles. The molecule has 28 heavy (non-hydrogen) atoms. The van der Waals surface area contributed by atoms with Crippen LogP contribution in [0.15, 0.2) is 83.8 Å². The number of halogens is 1. The van der Waals surface area contributed by atoms with Gasteiger partial charge in [0.25, 0.3) is 15.9 Å². The van der Waals surface area contributed by atoms with Gasteiger partial charge in [-0.3, -0.25) is 9.52 Å². The van der Waals surface area contributed by atoms with Crippen LogP contribution < -0.4 is 10.0 Å². The third kappa shape index (κ3) is 4.95. The largest absolute Gasteiger partial charge is 0.352 e. The summed E-state index contributed by atoms with van der Waals surface area (Å²) < 4.78 is 40.6. The van der Waals surface area contributed by atoms with E-state index in [-0.39, 0.29) is 16.6 Å². The monoisotopic (exact) mass is 398 g/mol. The summed E-state index contributed by atoms with van der Waals surface area (Å²) in [7, 11) is -3.68. The van der Waals surface area contributed by atoms with Gasteiger partial charge in [0.05, 0.1) is 4.90 Å². The summed E-state index contributed by atoms with van der Waals surface area (Å²) in [6.45, 7) is 0.294. The first-order valence-corrected chi connectivity index (χ1v) is 10.1. The molecule has 144 valence electrons. The molecule has 0 aromatic heterocycles. The molecule has 5 nitrogen and oxygen atoms in total. The van der Waals surface area contributed by atoms with E-state index in [0.29, 0.717) is 29.8 Å². The normalized spacial score (nSPS) is 11.0. The average Bonchev–Trinajstić information content (AvgIpc) is 2.70. The van der Waals surface area contributed by atoms with E-state index in [1.807, 2.05) is 0 Å². The van der Waals surface area contributed by atoms with E-state index in [1.54, 1.807) is 36.4 Å². The number of carbonyl (C=O) groups excluding carboxylic acids is 1. The zero-order chi connectivity index (χ0) is 20.0. The SMILES string of the molecule is O=C(NCCc1ccccc1F)c1ccc(NS(=O)(=O)c2ccccc2)cc1. The lowest BCUT2D eigenvalue weighted by Gasteiger charge is -2.09. The van der Waals surface area contributed by atoms with E-state index in [4.69, 9.17) is 0 Å². The summed E-state index contributed by atoms with van der Waals surface area (Å²) in [4.78, 5) is 12.4. The molecular weight excluding hydrogens is 379 g/mol. The molecular formula is C21H19FN2O3S. The van der Waals surface area contributed by atoms with Crippen LogP contribution in [0.25, 0.3) is 0 Å². The Balaban J connectivity index is 1.58. The van der Waals surface area contributed by atoms with Crippen LogP contribution >= 0.6 is 0 Å². The van der Waals surface area contributed by atoms with Crippen molar-refractivity contribution in [2.45, 2.75) is 11.3 Å². The maximum atomic E-state index is 13.6. The van der Waals surface area contributed by atoms with Crippen LogP contribution in [0.3, 0.4) is 0 Å². The van der Waals surface area contributed by atoms with Crippen LogP contribution in [0.4, 0.5) is 10.1 Å². The number of nitrogens with one attached hydrogen (secondary N) is 2. The topological polar surface area (TPSA) is 75.3 Å². The van der Waals surface area contributed by atoms with Crippen molar-refractivity contribution in [2.24, 2.45) is 0 Å². The van der Waals surface area contributed by atoms with E-state index < -0.39 is 10.0 Å². The van der Waals surface area contributed by atoms with Crippen LogP contribution in [0, 0.1) is 5.82 Å². The third-order valence-corrected chi connectivity index (χ3v) is 5.49. The van der Waals surface area contributed by atoms with Gasteiger partial charge in [0.1, 0.15) is 5.82 Å². The predicted octanol–water partition coefficient (Wildman–Crippen LogP) is 3.60. The minimum absolute atomic E-state index is 0.157. The van der Waals surface area contributed by atoms with E-state index in [1.165, 1.54) is 42.5 Å². The molecule has 0 spiro atoms. The molecule has 0 fully saturated rings. The van der Waals surface area contributed by atoms with Crippen molar-refractivity contribution in [1.29, 1.82) is 0 Å². The van der Waals surface area contributed by atoms with Crippen LogP contribution in [-0.4, -0.2) is 20.9 Å². The zero-order valence-corrected chi connectivity index (χ0v) is 15.7. The summed E-state index contributed by atoms with van der Waals surface area (Å²) in [6, 6.07) is 20.5. The molecule has 1 amide bonds. The van der Waals surface area contributed by atoms with Crippen molar-refractivity contribution >= 4 is 21.6 Å². The molecule has 0 unspecified atom stereocenters. The Morgan fingerprint density at radius 1 is 0.857 bits per heavy atom. The van der Waals surface area contributed by atoms with E-state index in [2.05, 4.69) is 10.0 Å². The highest BCUT2D eigenvalue weighted by atomic mass is 32.2. The lowest BCUT2D eigenvalue weighted by atomic mass is 10.1. The molecule has 3 aromatic carbocycles. The lowest BCUT2D eigenvalue weighted by molar-refractivity contribution is 0.0954. The first-order chi connectivity index (χ1) is 13.5. The Hall–Kier alpha value is -3.19. The van der Waals surface area contributed by atoms with Crippen molar-refractivity contribution in [3.63, 3.8) is 0 Å². The fourth-order valence-corrected chi connectivity index (χ4v) is 3.70. The van der Waals surface area contributed by atoms with Gasteiger partial charge < -0.3 is 5.32 Å². The molecule has 7 heteroatoms. The van der Waals surface area contributed by atoms with Gasteiger partial charge >= 0.3 is 0 Å². The average molecular weight is 398 g/mol. The van der Waals surface area contributed by atoms with Crippen LogP contribution in [0.1, 0.15) is 15.9 Å². The summed E-state index contributed by atoms with van der Waals surface area (Å²) in [5, 5.41) is 2.72. The summed E-state index contributed by atoms with van der Waals surface area (Å²) >= 11 is 0. The molecule has 0 aliphatic carbocycles. The Morgan fingerprint density at radius 3 is 2.18 bits per heavy atom. The van der Waals surface area contributed by atoms with Crippen molar-refractivity contribution in [3.8, 4) is 0 Å². The Bertz CT molecular complexity index is 1050. The summed E-state index contributed by atoms with van der Waals surface area (Å²) in [5.74, 6) is -0.611. The van der Waals surface area contributed by atoms with Gasteiger partial charge in [0.2, 0.25) is 0 Å². The molecule has 0 atom stereocenters. The van der Waals surface area contributed by atoms with Gasteiger partial charge in [-0.1, -0.05) is 36.4 Å². The Labute approximate surface area is 163 Å².